The molecule has 2 fully saturated rings. The van der Waals surface area contributed by atoms with Crippen LogP contribution in [0.25, 0.3) is 16.8 Å². The van der Waals surface area contributed by atoms with E-state index in [9.17, 15) is 26.4 Å². The molecule has 0 bridgehead atoms. The minimum absolute atomic E-state index is 0.000984. The van der Waals surface area contributed by atoms with Crippen molar-refractivity contribution in [2.45, 2.75) is 54.8 Å². The topological polar surface area (TPSA) is 97.9 Å². The molecular formula is C35H34F3N5O4S. The van der Waals surface area contributed by atoms with Gasteiger partial charge in [0.15, 0.2) is 5.65 Å². The third-order valence-electron chi connectivity index (χ3n) is 9.45. The number of halogens is 3. The van der Waals surface area contributed by atoms with Crippen molar-refractivity contribution in [1.82, 2.24) is 18.5 Å². The molecule has 0 unspecified atom stereocenters. The van der Waals surface area contributed by atoms with Crippen molar-refractivity contribution in [2.24, 2.45) is 0 Å². The molecule has 1 N–H and O–H groups in total. The van der Waals surface area contributed by atoms with Gasteiger partial charge < -0.3 is 10.1 Å². The van der Waals surface area contributed by atoms with Crippen LogP contribution in [0.4, 0.5) is 18.9 Å². The summed E-state index contributed by atoms with van der Waals surface area (Å²) in [6.07, 6.45) is -1.19. The fourth-order valence-corrected chi connectivity index (χ4v) is 7.86. The van der Waals surface area contributed by atoms with E-state index >= 15 is 0 Å². The first-order valence-electron chi connectivity index (χ1n) is 15.7. The fourth-order valence-electron chi connectivity index (χ4n) is 6.39. The van der Waals surface area contributed by atoms with Crippen LogP contribution in [0.3, 0.4) is 0 Å². The summed E-state index contributed by atoms with van der Waals surface area (Å²) in [4.78, 5) is 13.3. The Morgan fingerprint density at radius 1 is 0.896 bits per heavy atom. The number of fused-ring (bicyclic) bond motifs is 1. The van der Waals surface area contributed by atoms with E-state index in [0.717, 1.165) is 28.1 Å². The highest BCUT2D eigenvalue weighted by molar-refractivity contribution is 7.89. The van der Waals surface area contributed by atoms with Crippen molar-refractivity contribution in [3.8, 4) is 16.9 Å². The lowest BCUT2D eigenvalue weighted by Crippen LogP contribution is -2.42. The molecule has 5 aromatic rings. The lowest BCUT2D eigenvalue weighted by molar-refractivity contribution is -0.160. The maximum Gasteiger partial charge on any atom is 0.398 e. The van der Waals surface area contributed by atoms with Gasteiger partial charge in [0.25, 0.3) is 0 Å². The molecule has 1 saturated carbocycles. The van der Waals surface area contributed by atoms with E-state index in [1.165, 1.54) is 13.4 Å². The van der Waals surface area contributed by atoms with Crippen LogP contribution in [0.1, 0.15) is 36.8 Å². The van der Waals surface area contributed by atoms with E-state index in [0.29, 0.717) is 43.7 Å². The second kappa shape index (κ2) is 12.1. The van der Waals surface area contributed by atoms with Crippen LogP contribution in [0.5, 0.6) is 5.75 Å². The molecule has 3 aromatic carbocycles. The molecule has 1 aliphatic carbocycles. The van der Waals surface area contributed by atoms with Crippen molar-refractivity contribution in [3.05, 3.63) is 113 Å². The standard InChI is InChI=1S/C35H34F3N5O4S/c1-47-30-11-2-24(3-12-30)22-43-33(44)42-23-26(6-15-32(42)40-43)25-4-13-31(14-5-25)48(45,46)41-20-16-29(17-21-41)39-28-9-7-27(8-10-28)34(18-19-34)35(36,37)38/h2-15,23,29,39H,16-22H2,1H3. The smallest absolute Gasteiger partial charge is 0.398 e. The van der Waals surface area contributed by atoms with Crippen molar-refractivity contribution in [1.29, 1.82) is 0 Å². The Labute approximate surface area is 275 Å². The summed E-state index contributed by atoms with van der Waals surface area (Å²) >= 11 is 0. The van der Waals surface area contributed by atoms with Gasteiger partial charge in [-0.05, 0) is 96.5 Å². The summed E-state index contributed by atoms with van der Waals surface area (Å²) in [5.74, 6) is 0.727. The number of benzene rings is 3. The minimum atomic E-state index is -4.25. The lowest BCUT2D eigenvalue weighted by Gasteiger charge is -2.32. The highest BCUT2D eigenvalue weighted by atomic mass is 32.2. The van der Waals surface area contributed by atoms with Crippen molar-refractivity contribution >= 4 is 21.4 Å². The lowest BCUT2D eigenvalue weighted by atomic mass is 9.95. The molecule has 48 heavy (non-hydrogen) atoms. The number of nitrogens with zero attached hydrogens (tertiary/aromatic N) is 4. The molecule has 13 heteroatoms. The van der Waals surface area contributed by atoms with Gasteiger partial charge in [-0.3, -0.25) is 0 Å². The molecule has 9 nitrogen and oxygen atoms in total. The molecule has 3 heterocycles. The molecular weight excluding hydrogens is 643 g/mol. The zero-order valence-electron chi connectivity index (χ0n) is 26.2. The van der Waals surface area contributed by atoms with Crippen LogP contribution in [-0.4, -0.2) is 59.3 Å². The number of nitrogens with one attached hydrogen (secondary N) is 1. The molecule has 2 aliphatic rings. The summed E-state index contributed by atoms with van der Waals surface area (Å²) in [6.45, 7) is 0.937. The van der Waals surface area contributed by atoms with E-state index in [1.807, 2.05) is 30.3 Å². The van der Waals surface area contributed by atoms with E-state index < -0.39 is 21.6 Å². The molecule has 250 valence electrons. The molecule has 2 aromatic heterocycles. The van der Waals surface area contributed by atoms with E-state index in [4.69, 9.17) is 4.74 Å². The number of rotatable bonds is 9. The SMILES string of the molecule is COc1ccc(Cn2nc3ccc(-c4ccc(S(=O)(=O)N5CCC(Nc6ccc(C7(C(F)(F)F)CC7)cc6)CC5)cc4)cn3c2=O)cc1. The Balaban J connectivity index is 0.984. The molecule has 1 aliphatic heterocycles. The van der Waals surface area contributed by atoms with Crippen LogP contribution >= 0.6 is 0 Å². The van der Waals surface area contributed by atoms with E-state index in [2.05, 4.69) is 10.4 Å². The molecule has 1 saturated heterocycles. The molecule has 0 amide bonds. The maximum atomic E-state index is 13.5. The number of pyridine rings is 1. The Morgan fingerprint density at radius 2 is 1.54 bits per heavy atom. The third kappa shape index (κ3) is 5.96. The van der Waals surface area contributed by atoms with Gasteiger partial charge in [0.1, 0.15) is 5.75 Å². The monoisotopic (exact) mass is 677 g/mol. The van der Waals surface area contributed by atoms with Gasteiger partial charge in [-0.2, -0.15) is 17.5 Å². The van der Waals surface area contributed by atoms with Crippen LogP contribution in [0, 0.1) is 0 Å². The zero-order valence-corrected chi connectivity index (χ0v) is 27.0. The zero-order chi connectivity index (χ0) is 33.7. The van der Waals surface area contributed by atoms with E-state index in [1.54, 1.807) is 67.9 Å². The highest BCUT2D eigenvalue weighted by Gasteiger charge is 2.64. The van der Waals surface area contributed by atoms with Crippen molar-refractivity contribution in [2.75, 3.05) is 25.5 Å². The summed E-state index contributed by atoms with van der Waals surface area (Å²) in [5, 5.41) is 7.80. The van der Waals surface area contributed by atoms with Gasteiger partial charge in [-0.15, -0.1) is 5.10 Å². The Bertz CT molecular complexity index is 2100. The summed E-state index contributed by atoms with van der Waals surface area (Å²) in [5.41, 5.74) is 1.91. The molecule has 0 spiro atoms. The molecule has 7 rings (SSSR count). The largest absolute Gasteiger partial charge is 0.497 e. The number of alkyl halides is 3. The highest BCUT2D eigenvalue weighted by Crippen LogP contribution is 2.58. The number of hydrogen-bond acceptors (Lipinski definition) is 6. The number of ether oxygens (including phenoxy) is 1. The number of aromatic nitrogens is 3. The number of methoxy groups -OCH3 is 1. The van der Waals surface area contributed by atoms with Gasteiger partial charge in [0.2, 0.25) is 10.0 Å². The fraction of sp³-hybridized carbons (Fsp3) is 0.314. The van der Waals surface area contributed by atoms with Gasteiger partial charge in [-0.1, -0.05) is 36.4 Å². The van der Waals surface area contributed by atoms with Gasteiger partial charge in [0, 0.05) is 31.0 Å². The minimum Gasteiger partial charge on any atom is -0.497 e. The number of hydrogen-bond donors (Lipinski definition) is 1. The average Bonchev–Trinajstić information content (AvgIpc) is 3.86. The predicted octanol–water partition coefficient (Wildman–Crippen LogP) is 6.08. The van der Waals surface area contributed by atoms with Gasteiger partial charge in [-0.25, -0.2) is 22.3 Å². The molecule has 0 radical (unpaired) electrons. The van der Waals surface area contributed by atoms with Crippen LogP contribution in [0.2, 0.25) is 0 Å². The van der Waals surface area contributed by atoms with Gasteiger partial charge >= 0.3 is 11.9 Å². The van der Waals surface area contributed by atoms with Crippen molar-refractivity contribution < 1.29 is 26.3 Å². The van der Waals surface area contributed by atoms with E-state index in [-0.39, 0.29) is 29.5 Å². The summed E-state index contributed by atoms with van der Waals surface area (Å²) in [7, 11) is -2.14. The van der Waals surface area contributed by atoms with Crippen molar-refractivity contribution in [3.63, 3.8) is 0 Å². The number of sulfonamides is 1. The quantitative estimate of drug-likeness (QED) is 0.203. The Morgan fingerprint density at radius 3 is 2.15 bits per heavy atom. The normalized spacial score (nSPS) is 17.0. The summed E-state index contributed by atoms with van der Waals surface area (Å²) in [6, 6.07) is 24.0. The average molecular weight is 678 g/mol. The van der Waals surface area contributed by atoms with Crippen LogP contribution < -0.4 is 15.7 Å². The number of anilines is 1. The third-order valence-corrected chi connectivity index (χ3v) is 11.4. The first-order valence-corrected chi connectivity index (χ1v) is 17.2. The first-order chi connectivity index (χ1) is 23.0. The number of piperidine rings is 1. The first kappa shape index (κ1) is 32.0. The Hall–Kier alpha value is -4.62. The Kier molecular flexibility index (Phi) is 8.07. The maximum absolute atomic E-state index is 13.5. The second-order valence-corrected chi connectivity index (χ2v) is 14.4. The second-order valence-electron chi connectivity index (χ2n) is 12.4. The molecule has 0 atom stereocenters. The predicted molar refractivity (Wildman–Crippen MR) is 176 cm³/mol. The summed E-state index contributed by atoms with van der Waals surface area (Å²) < 4.78 is 76.9. The van der Waals surface area contributed by atoms with Gasteiger partial charge in [0.05, 0.1) is 24.0 Å². The van der Waals surface area contributed by atoms with Crippen LogP contribution in [-0.2, 0) is 22.0 Å². The van der Waals surface area contributed by atoms with Crippen LogP contribution in [0.15, 0.2) is 101 Å².